The van der Waals surface area contributed by atoms with Gasteiger partial charge in [-0.15, -0.1) is 0 Å². The van der Waals surface area contributed by atoms with E-state index in [2.05, 4.69) is 11.8 Å². The summed E-state index contributed by atoms with van der Waals surface area (Å²) in [5, 5.41) is 10.8. The molecule has 20 heavy (non-hydrogen) atoms. The standard InChI is InChI=1S/C14H20FN3O2/c1-10-5-6-11(7-16)8-17(10)9-12-3-2-4-13(14(12)15)18(19)20/h2-4,10-11H,5-9,16H2,1H3. The van der Waals surface area contributed by atoms with Gasteiger partial charge in [0.15, 0.2) is 0 Å². The molecule has 1 heterocycles. The van der Waals surface area contributed by atoms with Crippen LogP contribution >= 0.6 is 0 Å². The molecule has 1 aliphatic rings. The largest absolute Gasteiger partial charge is 0.330 e. The highest BCUT2D eigenvalue weighted by molar-refractivity contribution is 5.36. The van der Waals surface area contributed by atoms with E-state index in [0.29, 0.717) is 30.6 Å². The predicted molar refractivity (Wildman–Crippen MR) is 74.7 cm³/mol. The summed E-state index contributed by atoms with van der Waals surface area (Å²) in [7, 11) is 0. The molecule has 0 radical (unpaired) electrons. The fourth-order valence-electron chi connectivity index (χ4n) is 2.72. The fraction of sp³-hybridized carbons (Fsp3) is 0.571. The topological polar surface area (TPSA) is 72.4 Å². The molecule has 1 aromatic carbocycles. The van der Waals surface area contributed by atoms with Crippen molar-refractivity contribution in [3.8, 4) is 0 Å². The summed E-state index contributed by atoms with van der Waals surface area (Å²) in [6.07, 6.45) is 2.12. The molecule has 0 saturated carbocycles. The summed E-state index contributed by atoms with van der Waals surface area (Å²) in [5.41, 5.74) is 5.63. The molecular formula is C14H20FN3O2. The number of rotatable bonds is 4. The van der Waals surface area contributed by atoms with Crippen molar-refractivity contribution in [2.75, 3.05) is 13.1 Å². The Morgan fingerprint density at radius 3 is 2.90 bits per heavy atom. The summed E-state index contributed by atoms with van der Waals surface area (Å²) < 4.78 is 14.1. The van der Waals surface area contributed by atoms with Gasteiger partial charge in [0.2, 0.25) is 5.82 Å². The zero-order valence-corrected chi connectivity index (χ0v) is 11.6. The van der Waals surface area contributed by atoms with Crippen LogP contribution in [-0.2, 0) is 6.54 Å². The zero-order chi connectivity index (χ0) is 14.7. The molecule has 0 aromatic heterocycles. The Hall–Kier alpha value is -1.53. The number of likely N-dealkylation sites (tertiary alicyclic amines) is 1. The van der Waals surface area contributed by atoms with Crippen molar-refractivity contribution in [2.45, 2.75) is 32.4 Å². The molecule has 1 saturated heterocycles. The van der Waals surface area contributed by atoms with Crippen LogP contribution in [0.3, 0.4) is 0 Å². The van der Waals surface area contributed by atoms with Crippen molar-refractivity contribution in [1.29, 1.82) is 0 Å². The van der Waals surface area contributed by atoms with Crippen LogP contribution in [0.1, 0.15) is 25.3 Å². The lowest BCUT2D eigenvalue weighted by Gasteiger charge is -2.37. The van der Waals surface area contributed by atoms with Crippen LogP contribution in [0.4, 0.5) is 10.1 Å². The highest BCUT2D eigenvalue weighted by atomic mass is 19.1. The minimum atomic E-state index is -0.723. The molecule has 1 aromatic rings. The first-order valence-electron chi connectivity index (χ1n) is 6.88. The normalized spacial score (nSPS) is 23.8. The molecule has 2 atom stereocenters. The third-order valence-corrected chi connectivity index (χ3v) is 4.07. The van der Waals surface area contributed by atoms with Gasteiger partial charge in [0.1, 0.15) is 0 Å². The number of hydrogen-bond donors (Lipinski definition) is 1. The van der Waals surface area contributed by atoms with Crippen molar-refractivity contribution in [3.63, 3.8) is 0 Å². The summed E-state index contributed by atoms with van der Waals surface area (Å²) in [6, 6.07) is 4.69. The molecule has 1 fully saturated rings. The Labute approximate surface area is 117 Å². The van der Waals surface area contributed by atoms with E-state index >= 15 is 0 Å². The van der Waals surface area contributed by atoms with Crippen molar-refractivity contribution in [2.24, 2.45) is 11.7 Å². The average Bonchev–Trinajstić information content (AvgIpc) is 2.43. The zero-order valence-electron chi connectivity index (χ0n) is 11.6. The molecule has 0 bridgehead atoms. The maximum absolute atomic E-state index is 14.1. The maximum Gasteiger partial charge on any atom is 0.305 e. The Morgan fingerprint density at radius 1 is 1.50 bits per heavy atom. The van der Waals surface area contributed by atoms with E-state index in [1.807, 2.05) is 0 Å². The molecule has 0 amide bonds. The predicted octanol–water partition coefficient (Wildman–Crippen LogP) is 2.29. The van der Waals surface area contributed by atoms with Crippen LogP contribution in [0, 0.1) is 21.8 Å². The number of hydrogen-bond acceptors (Lipinski definition) is 4. The lowest BCUT2D eigenvalue weighted by molar-refractivity contribution is -0.387. The van der Waals surface area contributed by atoms with E-state index in [4.69, 9.17) is 5.73 Å². The SMILES string of the molecule is CC1CCC(CN)CN1Cc1cccc([N+](=O)[O-])c1F. The van der Waals surface area contributed by atoms with Crippen LogP contribution in [0.2, 0.25) is 0 Å². The molecule has 5 nitrogen and oxygen atoms in total. The van der Waals surface area contributed by atoms with Crippen molar-refractivity contribution < 1.29 is 9.31 Å². The molecule has 2 rings (SSSR count). The third-order valence-electron chi connectivity index (χ3n) is 4.07. The highest BCUT2D eigenvalue weighted by Gasteiger charge is 2.26. The van der Waals surface area contributed by atoms with E-state index in [0.717, 1.165) is 19.4 Å². The van der Waals surface area contributed by atoms with Crippen LogP contribution < -0.4 is 5.73 Å². The first kappa shape index (κ1) is 14.9. The van der Waals surface area contributed by atoms with Gasteiger partial charge < -0.3 is 5.73 Å². The lowest BCUT2D eigenvalue weighted by Crippen LogP contribution is -2.43. The van der Waals surface area contributed by atoms with Gasteiger partial charge in [0.25, 0.3) is 0 Å². The van der Waals surface area contributed by atoms with Gasteiger partial charge >= 0.3 is 5.69 Å². The van der Waals surface area contributed by atoms with Crippen molar-refractivity contribution in [3.05, 3.63) is 39.7 Å². The maximum atomic E-state index is 14.1. The molecule has 2 unspecified atom stereocenters. The number of benzene rings is 1. The fourth-order valence-corrected chi connectivity index (χ4v) is 2.72. The van der Waals surface area contributed by atoms with E-state index < -0.39 is 16.4 Å². The minimum Gasteiger partial charge on any atom is -0.330 e. The van der Waals surface area contributed by atoms with Gasteiger partial charge in [-0.3, -0.25) is 15.0 Å². The smallest absolute Gasteiger partial charge is 0.305 e. The minimum absolute atomic E-state index is 0.344. The summed E-state index contributed by atoms with van der Waals surface area (Å²) in [5.74, 6) is -0.299. The Bertz CT molecular complexity index is 495. The van der Waals surface area contributed by atoms with E-state index in [9.17, 15) is 14.5 Å². The summed E-state index contributed by atoms with van der Waals surface area (Å²) in [4.78, 5) is 12.2. The van der Waals surface area contributed by atoms with Gasteiger partial charge in [-0.25, -0.2) is 0 Å². The first-order chi connectivity index (χ1) is 9.52. The number of piperidine rings is 1. The second kappa shape index (κ2) is 6.28. The van der Waals surface area contributed by atoms with Crippen molar-refractivity contribution >= 4 is 5.69 Å². The number of nitrogens with zero attached hydrogens (tertiary/aromatic N) is 2. The van der Waals surface area contributed by atoms with Gasteiger partial charge in [0, 0.05) is 30.8 Å². The monoisotopic (exact) mass is 281 g/mol. The van der Waals surface area contributed by atoms with Gasteiger partial charge in [-0.05, 0) is 32.2 Å². The molecule has 6 heteroatoms. The molecule has 2 N–H and O–H groups in total. The van der Waals surface area contributed by atoms with Crippen LogP contribution in [0.5, 0.6) is 0 Å². The molecule has 0 aliphatic carbocycles. The average molecular weight is 281 g/mol. The number of nitro groups is 1. The Morgan fingerprint density at radius 2 is 2.25 bits per heavy atom. The quantitative estimate of drug-likeness (QED) is 0.679. The Kier molecular flexibility index (Phi) is 4.67. The van der Waals surface area contributed by atoms with Crippen molar-refractivity contribution in [1.82, 2.24) is 4.90 Å². The summed E-state index contributed by atoms with van der Waals surface area (Å²) in [6.45, 7) is 3.94. The summed E-state index contributed by atoms with van der Waals surface area (Å²) >= 11 is 0. The van der Waals surface area contributed by atoms with Crippen LogP contribution in [0.25, 0.3) is 0 Å². The molecule has 110 valence electrons. The number of halogens is 1. The highest BCUT2D eigenvalue weighted by Crippen LogP contribution is 2.26. The van der Waals surface area contributed by atoms with Gasteiger partial charge in [0.05, 0.1) is 4.92 Å². The number of nitro benzene ring substituents is 1. The third kappa shape index (κ3) is 3.13. The Balaban J connectivity index is 2.16. The van der Waals surface area contributed by atoms with E-state index in [1.165, 1.54) is 12.1 Å². The lowest BCUT2D eigenvalue weighted by atomic mass is 9.93. The van der Waals surface area contributed by atoms with Crippen LogP contribution in [0.15, 0.2) is 18.2 Å². The van der Waals surface area contributed by atoms with E-state index in [1.54, 1.807) is 6.07 Å². The second-order valence-electron chi connectivity index (χ2n) is 5.46. The molecular weight excluding hydrogens is 261 g/mol. The molecule has 0 spiro atoms. The second-order valence-corrected chi connectivity index (χ2v) is 5.46. The first-order valence-corrected chi connectivity index (χ1v) is 6.88. The van der Waals surface area contributed by atoms with Gasteiger partial charge in [-0.1, -0.05) is 12.1 Å². The van der Waals surface area contributed by atoms with Crippen LogP contribution in [-0.4, -0.2) is 29.0 Å². The van der Waals surface area contributed by atoms with Gasteiger partial charge in [-0.2, -0.15) is 4.39 Å². The number of nitrogens with two attached hydrogens (primary N) is 1. The molecule has 1 aliphatic heterocycles. The van der Waals surface area contributed by atoms with E-state index in [-0.39, 0.29) is 0 Å².